The van der Waals surface area contributed by atoms with Gasteiger partial charge in [-0.1, -0.05) is 23.7 Å². The molecule has 3 rings (SSSR count). The van der Waals surface area contributed by atoms with Gasteiger partial charge in [-0.15, -0.1) is 0 Å². The molecule has 2 aromatic carbocycles. The zero-order chi connectivity index (χ0) is 19.1. The fourth-order valence-corrected chi connectivity index (χ4v) is 3.75. The van der Waals surface area contributed by atoms with Crippen LogP contribution in [0.25, 0.3) is 0 Å². The number of anilines is 1. The summed E-state index contributed by atoms with van der Waals surface area (Å²) >= 11 is 9.37. The molecule has 138 valence electrons. The minimum atomic E-state index is -0.651. The van der Waals surface area contributed by atoms with Crippen LogP contribution < -0.4 is 4.90 Å². The molecule has 1 aliphatic heterocycles. The third kappa shape index (κ3) is 4.04. The Labute approximate surface area is 166 Å². The lowest BCUT2D eigenvalue weighted by Crippen LogP contribution is -2.42. The number of nitrogens with zero attached hydrogens (tertiary/aromatic N) is 1. The van der Waals surface area contributed by atoms with Crippen molar-refractivity contribution in [1.82, 2.24) is 0 Å². The predicted molar refractivity (Wildman–Crippen MR) is 105 cm³/mol. The molecule has 1 heterocycles. The normalized spacial score (nSPS) is 17.0. The second kappa shape index (κ2) is 7.20. The lowest BCUT2D eigenvalue weighted by molar-refractivity contribution is 0.0560. The summed E-state index contributed by atoms with van der Waals surface area (Å²) in [6, 6.07) is 10.3. The van der Waals surface area contributed by atoms with E-state index >= 15 is 0 Å². The SMILES string of the molecule is CC(C)(C)OC(=O)N1c2cc(F)c(Br)cc2CCC1c1cccc(Cl)c1. The van der Waals surface area contributed by atoms with Crippen molar-refractivity contribution in [2.75, 3.05) is 4.90 Å². The number of hydrogen-bond acceptors (Lipinski definition) is 2. The molecule has 3 nitrogen and oxygen atoms in total. The van der Waals surface area contributed by atoms with E-state index in [1.807, 2.05) is 39.0 Å². The van der Waals surface area contributed by atoms with E-state index in [-0.39, 0.29) is 6.04 Å². The van der Waals surface area contributed by atoms with Crippen LogP contribution in [0, 0.1) is 5.82 Å². The van der Waals surface area contributed by atoms with E-state index < -0.39 is 17.5 Å². The number of aryl methyl sites for hydroxylation is 1. The molecule has 0 spiro atoms. The highest BCUT2D eigenvalue weighted by Gasteiger charge is 2.35. The van der Waals surface area contributed by atoms with Gasteiger partial charge in [0.1, 0.15) is 11.4 Å². The van der Waals surface area contributed by atoms with Crippen LogP contribution in [0.4, 0.5) is 14.9 Å². The summed E-state index contributed by atoms with van der Waals surface area (Å²) in [5, 5.41) is 0.597. The summed E-state index contributed by atoms with van der Waals surface area (Å²) in [6.07, 6.45) is 0.931. The molecule has 0 fully saturated rings. The molecular formula is C20H20BrClFNO2. The molecule has 26 heavy (non-hydrogen) atoms. The van der Waals surface area contributed by atoms with Gasteiger partial charge in [-0.05, 0) is 84.9 Å². The maximum atomic E-state index is 14.2. The van der Waals surface area contributed by atoms with E-state index in [0.29, 0.717) is 21.6 Å². The number of carbonyl (C=O) groups excluding carboxylic acids is 1. The fourth-order valence-electron chi connectivity index (χ4n) is 3.16. The number of benzene rings is 2. The molecule has 0 N–H and O–H groups in total. The van der Waals surface area contributed by atoms with Crippen LogP contribution in [0.2, 0.25) is 5.02 Å². The lowest BCUT2D eigenvalue weighted by Gasteiger charge is -2.38. The largest absolute Gasteiger partial charge is 0.443 e. The van der Waals surface area contributed by atoms with Gasteiger partial charge in [0.25, 0.3) is 0 Å². The van der Waals surface area contributed by atoms with Crippen LogP contribution in [-0.2, 0) is 11.2 Å². The lowest BCUT2D eigenvalue weighted by atomic mass is 9.91. The number of hydrogen-bond donors (Lipinski definition) is 0. The van der Waals surface area contributed by atoms with Crippen molar-refractivity contribution >= 4 is 39.3 Å². The molecule has 1 amide bonds. The Hall–Kier alpha value is -1.59. The summed E-state index contributed by atoms with van der Waals surface area (Å²) in [5.74, 6) is -0.413. The second-order valence-electron chi connectivity index (χ2n) is 7.35. The highest BCUT2D eigenvalue weighted by Crippen LogP contribution is 2.41. The fraction of sp³-hybridized carbons (Fsp3) is 0.350. The summed E-state index contributed by atoms with van der Waals surface area (Å²) in [5.41, 5.74) is 1.69. The van der Waals surface area contributed by atoms with E-state index in [1.54, 1.807) is 17.0 Å². The summed E-state index contributed by atoms with van der Waals surface area (Å²) in [7, 11) is 0. The van der Waals surface area contributed by atoms with Crippen LogP contribution in [-0.4, -0.2) is 11.7 Å². The van der Waals surface area contributed by atoms with Gasteiger partial charge in [-0.2, -0.15) is 0 Å². The van der Waals surface area contributed by atoms with Crippen LogP contribution >= 0.6 is 27.5 Å². The van der Waals surface area contributed by atoms with Crippen molar-refractivity contribution in [3.63, 3.8) is 0 Å². The molecule has 0 radical (unpaired) electrons. The van der Waals surface area contributed by atoms with Gasteiger partial charge in [-0.25, -0.2) is 9.18 Å². The van der Waals surface area contributed by atoms with Crippen molar-refractivity contribution in [1.29, 1.82) is 0 Å². The number of fused-ring (bicyclic) bond motifs is 1. The van der Waals surface area contributed by atoms with E-state index in [9.17, 15) is 9.18 Å². The van der Waals surface area contributed by atoms with Crippen LogP contribution in [0.15, 0.2) is 40.9 Å². The number of carbonyl (C=O) groups is 1. The minimum Gasteiger partial charge on any atom is -0.443 e. The first-order valence-electron chi connectivity index (χ1n) is 8.41. The Balaban J connectivity index is 2.09. The van der Waals surface area contributed by atoms with Crippen molar-refractivity contribution in [3.8, 4) is 0 Å². The molecular weight excluding hydrogens is 421 g/mol. The maximum absolute atomic E-state index is 14.2. The van der Waals surface area contributed by atoms with Gasteiger partial charge in [0, 0.05) is 5.02 Å². The minimum absolute atomic E-state index is 0.267. The first-order chi connectivity index (χ1) is 12.2. The second-order valence-corrected chi connectivity index (χ2v) is 8.65. The van der Waals surface area contributed by atoms with E-state index in [0.717, 1.165) is 17.5 Å². The predicted octanol–water partition coefficient (Wildman–Crippen LogP) is 6.67. The van der Waals surface area contributed by atoms with Crippen molar-refractivity contribution in [2.24, 2.45) is 0 Å². The number of halogens is 3. The van der Waals surface area contributed by atoms with Gasteiger partial charge in [-0.3, -0.25) is 4.90 Å². The van der Waals surface area contributed by atoms with Crippen molar-refractivity contribution < 1.29 is 13.9 Å². The van der Waals surface area contributed by atoms with Crippen LogP contribution in [0.1, 0.15) is 44.4 Å². The summed E-state index contributed by atoms with van der Waals surface area (Å²) in [6.45, 7) is 5.44. The molecule has 1 aliphatic rings. The molecule has 6 heteroatoms. The molecule has 0 saturated heterocycles. The Bertz CT molecular complexity index is 850. The number of ether oxygens (including phenoxy) is 1. The Morgan fingerprint density at radius 1 is 1.31 bits per heavy atom. The average molecular weight is 441 g/mol. The maximum Gasteiger partial charge on any atom is 0.415 e. The first-order valence-corrected chi connectivity index (χ1v) is 9.58. The third-order valence-corrected chi connectivity index (χ3v) is 5.05. The summed E-state index contributed by atoms with van der Waals surface area (Å²) in [4.78, 5) is 14.5. The number of amides is 1. The topological polar surface area (TPSA) is 29.5 Å². The molecule has 0 saturated carbocycles. The molecule has 0 aliphatic carbocycles. The standard InChI is InChI=1S/C20H20BrClFNO2/c1-20(2,3)26-19(25)24-17(12-5-4-6-14(22)9-12)8-7-13-10-15(21)16(23)11-18(13)24/h4-6,9-11,17H,7-8H2,1-3H3. The van der Waals surface area contributed by atoms with Gasteiger partial charge in [0.05, 0.1) is 16.2 Å². The first kappa shape index (κ1) is 19.2. The third-order valence-electron chi connectivity index (χ3n) is 4.20. The smallest absolute Gasteiger partial charge is 0.415 e. The zero-order valence-electron chi connectivity index (χ0n) is 14.9. The average Bonchev–Trinajstić information content (AvgIpc) is 2.53. The van der Waals surface area contributed by atoms with E-state index in [2.05, 4.69) is 15.9 Å². The quantitative estimate of drug-likeness (QED) is 0.495. The Morgan fingerprint density at radius 2 is 2.04 bits per heavy atom. The summed E-state index contributed by atoms with van der Waals surface area (Å²) < 4.78 is 20.2. The van der Waals surface area contributed by atoms with E-state index in [4.69, 9.17) is 16.3 Å². The zero-order valence-corrected chi connectivity index (χ0v) is 17.2. The molecule has 0 bridgehead atoms. The molecule has 1 unspecified atom stereocenters. The Morgan fingerprint density at radius 3 is 2.69 bits per heavy atom. The molecule has 0 aromatic heterocycles. The van der Waals surface area contributed by atoms with Crippen molar-refractivity contribution in [2.45, 2.75) is 45.3 Å². The molecule has 1 atom stereocenters. The van der Waals surface area contributed by atoms with E-state index in [1.165, 1.54) is 6.07 Å². The highest BCUT2D eigenvalue weighted by atomic mass is 79.9. The molecule has 2 aromatic rings. The van der Waals surface area contributed by atoms with Gasteiger partial charge in [0.15, 0.2) is 0 Å². The van der Waals surface area contributed by atoms with Crippen LogP contribution in [0.3, 0.4) is 0 Å². The monoisotopic (exact) mass is 439 g/mol. The van der Waals surface area contributed by atoms with Gasteiger partial charge in [0.2, 0.25) is 0 Å². The van der Waals surface area contributed by atoms with Crippen molar-refractivity contribution in [3.05, 3.63) is 62.8 Å². The Kier molecular flexibility index (Phi) is 5.31. The van der Waals surface area contributed by atoms with Gasteiger partial charge >= 0.3 is 6.09 Å². The highest BCUT2D eigenvalue weighted by molar-refractivity contribution is 9.10. The van der Waals surface area contributed by atoms with Gasteiger partial charge < -0.3 is 4.74 Å². The van der Waals surface area contributed by atoms with Crippen LogP contribution in [0.5, 0.6) is 0 Å². The number of rotatable bonds is 1.